The van der Waals surface area contributed by atoms with E-state index in [9.17, 15) is 4.39 Å². The molecule has 1 aliphatic rings. The van der Waals surface area contributed by atoms with Crippen molar-refractivity contribution in [2.24, 2.45) is 0 Å². The summed E-state index contributed by atoms with van der Waals surface area (Å²) >= 11 is 0. The number of halogens is 1. The molecule has 0 aromatic carbocycles. The highest BCUT2D eigenvalue weighted by Crippen LogP contribution is 2.22. The SMILES string of the molecule is COc1nc(N2CCCN(c3ccncc3C)CC2)ncc1F. The second kappa shape index (κ2) is 6.76. The van der Waals surface area contributed by atoms with Crippen molar-refractivity contribution in [1.29, 1.82) is 0 Å². The van der Waals surface area contributed by atoms with Crippen molar-refractivity contribution in [3.63, 3.8) is 0 Å². The van der Waals surface area contributed by atoms with Crippen LogP contribution in [0.3, 0.4) is 0 Å². The van der Waals surface area contributed by atoms with E-state index in [4.69, 9.17) is 4.74 Å². The Morgan fingerprint density at radius 3 is 2.70 bits per heavy atom. The van der Waals surface area contributed by atoms with E-state index >= 15 is 0 Å². The Balaban J connectivity index is 1.75. The van der Waals surface area contributed by atoms with Crippen LogP contribution < -0.4 is 14.5 Å². The van der Waals surface area contributed by atoms with Gasteiger partial charge in [-0.15, -0.1) is 0 Å². The minimum absolute atomic E-state index is 0.0129. The molecule has 3 heterocycles. The van der Waals surface area contributed by atoms with Crippen LogP contribution in [0.15, 0.2) is 24.7 Å². The van der Waals surface area contributed by atoms with Gasteiger partial charge in [-0.05, 0) is 25.0 Å². The summed E-state index contributed by atoms with van der Waals surface area (Å²) in [5, 5.41) is 0. The topological polar surface area (TPSA) is 54.4 Å². The van der Waals surface area contributed by atoms with E-state index in [1.54, 1.807) is 0 Å². The maximum atomic E-state index is 13.5. The molecule has 0 atom stereocenters. The molecule has 0 amide bonds. The van der Waals surface area contributed by atoms with Crippen LogP contribution >= 0.6 is 0 Å². The Morgan fingerprint density at radius 1 is 1.13 bits per heavy atom. The van der Waals surface area contributed by atoms with Gasteiger partial charge in [0, 0.05) is 44.3 Å². The molecule has 2 aromatic rings. The molecule has 7 heteroatoms. The van der Waals surface area contributed by atoms with Crippen LogP contribution in [0.1, 0.15) is 12.0 Å². The summed E-state index contributed by atoms with van der Waals surface area (Å²) < 4.78 is 18.4. The second-order valence-corrected chi connectivity index (χ2v) is 5.52. The van der Waals surface area contributed by atoms with Crippen LogP contribution in [0, 0.1) is 12.7 Å². The molecule has 3 rings (SSSR count). The normalized spacial score (nSPS) is 15.4. The van der Waals surface area contributed by atoms with Crippen molar-refractivity contribution in [3.05, 3.63) is 36.0 Å². The maximum absolute atomic E-state index is 13.5. The summed E-state index contributed by atoms with van der Waals surface area (Å²) in [6.45, 7) is 5.48. The zero-order valence-corrected chi connectivity index (χ0v) is 13.4. The third-order valence-corrected chi connectivity index (χ3v) is 4.00. The molecule has 122 valence electrons. The molecular formula is C16H20FN5O. The zero-order chi connectivity index (χ0) is 16.2. The first kappa shape index (κ1) is 15.5. The molecule has 0 unspecified atom stereocenters. The number of anilines is 2. The van der Waals surface area contributed by atoms with Crippen LogP contribution in [0.25, 0.3) is 0 Å². The van der Waals surface area contributed by atoms with Crippen LogP contribution in [0.5, 0.6) is 5.88 Å². The van der Waals surface area contributed by atoms with Crippen molar-refractivity contribution in [1.82, 2.24) is 15.0 Å². The minimum atomic E-state index is -0.542. The monoisotopic (exact) mass is 317 g/mol. The number of pyridine rings is 1. The molecule has 23 heavy (non-hydrogen) atoms. The van der Waals surface area contributed by atoms with Crippen molar-refractivity contribution in [3.8, 4) is 5.88 Å². The fourth-order valence-electron chi connectivity index (χ4n) is 2.82. The number of aryl methyl sites for hydroxylation is 1. The maximum Gasteiger partial charge on any atom is 0.255 e. The molecule has 1 aliphatic heterocycles. The molecule has 0 bridgehead atoms. The zero-order valence-electron chi connectivity index (χ0n) is 13.4. The highest BCUT2D eigenvalue weighted by molar-refractivity contribution is 5.52. The number of methoxy groups -OCH3 is 1. The van der Waals surface area contributed by atoms with Crippen LogP contribution in [0.2, 0.25) is 0 Å². The van der Waals surface area contributed by atoms with E-state index in [0.29, 0.717) is 5.95 Å². The number of hydrogen-bond acceptors (Lipinski definition) is 6. The molecule has 0 spiro atoms. The van der Waals surface area contributed by atoms with Gasteiger partial charge in [-0.25, -0.2) is 4.98 Å². The van der Waals surface area contributed by atoms with E-state index in [0.717, 1.165) is 38.8 Å². The van der Waals surface area contributed by atoms with Gasteiger partial charge < -0.3 is 14.5 Å². The van der Waals surface area contributed by atoms with Gasteiger partial charge in [0.15, 0.2) is 0 Å². The lowest BCUT2D eigenvalue weighted by Crippen LogP contribution is -2.32. The summed E-state index contributed by atoms with van der Waals surface area (Å²) in [7, 11) is 1.41. The summed E-state index contributed by atoms with van der Waals surface area (Å²) in [5.74, 6) is -0.0438. The predicted octanol–water partition coefficient (Wildman–Crippen LogP) is 2.04. The predicted molar refractivity (Wildman–Crippen MR) is 86.6 cm³/mol. The molecular weight excluding hydrogens is 297 g/mol. The van der Waals surface area contributed by atoms with E-state index in [2.05, 4.69) is 31.7 Å². The van der Waals surface area contributed by atoms with Gasteiger partial charge in [0.25, 0.3) is 5.88 Å². The highest BCUT2D eigenvalue weighted by atomic mass is 19.1. The molecule has 0 N–H and O–H groups in total. The molecule has 1 saturated heterocycles. The fraction of sp³-hybridized carbons (Fsp3) is 0.438. The number of aromatic nitrogens is 3. The molecule has 0 aliphatic carbocycles. The molecule has 0 saturated carbocycles. The number of nitrogens with zero attached hydrogens (tertiary/aromatic N) is 5. The lowest BCUT2D eigenvalue weighted by Gasteiger charge is -2.25. The van der Waals surface area contributed by atoms with Gasteiger partial charge in [0.05, 0.1) is 13.3 Å². The van der Waals surface area contributed by atoms with E-state index < -0.39 is 5.82 Å². The van der Waals surface area contributed by atoms with Crippen molar-refractivity contribution < 1.29 is 9.13 Å². The number of rotatable bonds is 3. The van der Waals surface area contributed by atoms with Crippen LogP contribution in [0.4, 0.5) is 16.0 Å². The first-order valence-corrected chi connectivity index (χ1v) is 7.66. The lowest BCUT2D eigenvalue weighted by molar-refractivity contribution is 0.367. The quantitative estimate of drug-likeness (QED) is 0.863. The van der Waals surface area contributed by atoms with Gasteiger partial charge >= 0.3 is 0 Å². The highest BCUT2D eigenvalue weighted by Gasteiger charge is 2.19. The van der Waals surface area contributed by atoms with Crippen LogP contribution in [-0.2, 0) is 0 Å². The number of hydrogen-bond donors (Lipinski definition) is 0. The largest absolute Gasteiger partial charge is 0.479 e. The number of ether oxygens (including phenoxy) is 1. The first-order chi connectivity index (χ1) is 11.2. The van der Waals surface area contributed by atoms with E-state index in [-0.39, 0.29) is 5.88 Å². The summed E-state index contributed by atoms with van der Waals surface area (Å²) in [4.78, 5) is 16.8. The Labute approximate surface area is 134 Å². The first-order valence-electron chi connectivity index (χ1n) is 7.66. The molecule has 0 radical (unpaired) electrons. The lowest BCUT2D eigenvalue weighted by atomic mass is 10.2. The van der Waals surface area contributed by atoms with E-state index in [1.807, 2.05) is 18.5 Å². The molecule has 2 aromatic heterocycles. The molecule has 6 nitrogen and oxygen atoms in total. The smallest absolute Gasteiger partial charge is 0.255 e. The fourth-order valence-corrected chi connectivity index (χ4v) is 2.82. The third-order valence-electron chi connectivity index (χ3n) is 4.00. The van der Waals surface area contributed by atoms with Gasteiger partial charge in [0.2, 0.25) is 11.8 Å². The standard InChI is InChI=1S/C16H20FN5O/c1-12-10-18-5-4-14(12)21-6-3-7-22(9-8-21)16-19-11-13(17)15(20-16)23-2/h4-5,10-11H,3,6-9H2,1-2H3. The van der Waals surface area contributed by atoms with Crippen molar-refractivity contribution in [2.45, 2.75) is 13.3 Å². The van der Waals surface area contributed by atoms with E-state index in [1.165, 1.54) is 18.4 Å². The average molecular weight is 317 g/mol. The summed E-state index contributed by atoms with van der Waals surface area (Å²) in [5.41, 5.74) is 2.38. The average Bonchev–Trinajstić information content (AvgIpc) is 2.82. The van der Waals surface area contributed by atoms with Gasteiger partial charge in [-0.1, -0.05) is 0 Å². The Kier molecular flexibility index (Phi) is 4.55. The van der Waals surface area contributed by atoms with Crippen LogP contribution in [-0.4, -0.2) is 48.2 Å². The van der Waals surface area contributed by atoms with Gasteiger partial charge in [-0.2, -0.15) is 9.37 Å². The van der Waals surface area contributed by atoms with Crippen molar-refractivity contribution >= 4 is 11.6 Å². The minimum Gasteiger partial charge on any atom is -0.479 e. The van der Waals surface area contributed by atoms with Gasteiger partial charge in [0.1, 0.15) is 0 Å². The van der Waals surface area contributed by atoms with Gasteiger partial charge in [-0.3, -0.25) is 4.98 Å². The summed E-state index contributed by atoms with van der Waals surface area (Å²) in [6.07, 6.45) is 5.84. The Morgan fingerprint density at radius 2 is 1.91 bits per heavy atom. The second-order valence-electron chi connectivity index (χ2n) is 5.52. The Hall–Kier alpha value is -2.44. The van der Waals surface area contributed by atoms with Crippen molar-refractivity contribution in [2.75, 3.05) is 43.1 Å². The Bertz CT molecular complexity index is 681. The summed E-state index contributed by atoms with van der Waals surface area (Å²) in [6, 6.07) is 2.04. The molecule has 1 fully saturated rings. The third kappa shape index (κ3) is 3.33.